The van der Waals surface area contributed by atoms with Gasteiger partial charge in [-0.05, 0) is 103 Å². The van der Waals surface area contributed by atoms with E-state index in [0.29, 0.717) is 37.6 Å². The van der Waals surface area contributed by atoms with Crippen LogP contribution in [-0.4, -0.2) is 48.0 Å². The van der Waals surface area contributed by atoms with Gasteiger partial charge in [0.25, 0.3) is 11.8 Å². The molecule has 14 heteroatoms. The van der Waals surface area contributed by atoms with Crippen molar-refractivity contribution in [1.29, 1.82) is 0 Å². The lowest BCUT2D eigenvalue weighted by Gasteiger charge is -2.50. The lowest BCUT2D eigenvalue weighted by atomic mass is 9.49. The summed E-state index contributed by atoms with van der Waals surface area (Å²) in [5.41, 5.74) is 5.13. The van der Waals surface area contributed by atoms with Crippen LogP contribution in [0.5, 0.6) is 17.2 Å². The number of hydrazine groups is 1. The number of benzene rings is 5. The van der Waals surface area contributed by atoms with Gasteiger partial charge in [-0.2, -0.15) is 5.01 Å². The van der Waals surface area contributed by atoms with Crippen molar-refractivity contribution >= 4 is 85.5 Å². The Morgan fingerprint density at radius 3 is 2.20 bits per heavy atom. The third-order valence-electron chi connectivity index (χ3n) is 12.4. The van der Waals surface area contributed by atoms with Crippen molar-refractivity contribution in [2.45, 2.75) is 24.2 Å². The van der Waals surface area contributed by atoms with E-state index in [0.717, 1.165) is 16.4 Å². The zero-order valence-corrected chi connectivity index (χ0v) is 35.3. The van der Waals surface area contributed by atoms with Gasteiger partial charge < -0.3 is 19.9 Å². The maximum atomic E-state index is 15.6. The van der Waals surface area contributed by atoms with E-state index < -0.39 is 52.7 Å². The Labute approximate surface area is 364 Å². The molecule has 60 heavy (non-hydrogen) atoms. The van der Waals surface area contributed by atoms with Crippen molar-refractivity contribution in [2.24, 2.45) is 23.7 Å². The minimum atomic E-state index is -1.68. The monoisotopic (exact) mass is 906 g/mol. The van der Waals surface area contributed by atoms with Crippen LogP contribution in [0.2, 0.25) is 10.0 Å². The second-order valence-corrected chi connectivity index (χ2v) is 17.1. The number of anilines is 4. The minimum absolute atomic E-state index is 0.0470. The van der Waals surface area contributed by atoms with Gasteiger partial charge >= 0.3 is 0 Å². The quantitative estimate of drug-likeness (QED) is 0.0976. The number of hydrogen-bond donors (Lipinski definition) is 3. The SMILES string of the molecule is COc1ccc(C23C(=O)N(Nc4ccc(Cl)cc4Cl)C(=O)C2CC2C(=CCC4C(=O)N(c5ccc(Nc6ccccc6)cc5)C(=O)C42)C3c2cc(Br)cc(OC)c2O)cc1. The highest BCUT2D eigenvalue weighted by molar-refractivity contribution is 9.10. The first-order valence-corrected chi connectivity index (χ1v) is 20.8. The zero-order chi connectivity index (χ0) is 42.0. The van der Waals surface area contributed by atoms with Gasteiger partial charge in [-0.3, -0.25) is 29.5 Å². The summed E-state index contributed by atoms with van der Waals surface area (Å²) < 4.78 is 11.7. The largest absolute Gasteiger partial charge is 0.504 e. The number of allylic oxidation sites excluding steroid dienone is 2. The summed E-state index contributed by atoms with van der Waals surface area (Å²) in [6.45, 7) is 0. The smallest absolute Gasteiger partial charge is 0.260 e. The van der Waals surface area contributed by atoms with Gasteiger partial charge in [-0.15, -0.1) is 0 Å². The fourth-order valence-electron chi connectivity index (χ4n) is 9.79. The molecule has 1 saturated carbocycles. The molecule has 4 amide bonds. The summed E-state index contributed by atoms with van der Waals surface area (Å²) in [6.07, 6.45) is 2.17. The molecule has 5 aromatic carbocycles. The van der Waals surface area contributed by atoms with Crippen LogP contribution in [0.25, 0.3) is 0 Å². The Hall–Kier alpha value is -5.82. The Morgan fingerprint density at radius 2 is 1.52 bits per heavy atom. The van der Waals surface area contributed by atoms with Crippen LogP contribution in [0, 0.1) is 23.7 Å². The van der Waals surface area contributed by atoms with E-state index in [1.807, 2.05) is 48.5 Å². The van der Waals surface area contributed by atoms with Gasteiger partial charge in [0.05, 0.1) is 53.8 Å². The molecule has 0 radical (unpaired) electrons. The number of phenols is 1. The summed E-state index contributed by atoms with van der Waals surface area (Å²) in [7, 11) is 2.96. The van der Waals surface area contributed by atoms with Crippen molar-refractivity contribution in [3.63, 3.8) is 0 Å². The predicted octanol–water partition coefficient (Wildman–Crippen LogP) is 9.41. The van der Waals surface area contributed by atoms with E-state index in [4.69, 9.17) is 32.7 Å². The van der Waals surface area contributed by atoms with Crippen LogP contribution in [0.3, 0.4) is 0 Å². The molecule has 9 rings (SSSR count). The van der Waals surface area contributed by atoms with Gasteiger partial charge in [0.1, 0.15) is 5.75 Å². The summed E-state index contributed by atoms with van der Waals surface area (Å²) in [5, 5.41) is 16.9. The molecular weight excluding hydrogens is 871 g/mol. The van der Waals surface area contributed by atoms with Gasteiger partial charge in [0.2, 0.25) is 11.8 Å². The summed E-state index contributed by atoms with van der Waals surface area (Å²) >= 11 is 16.4. The maximum absolute atomic E-state index is 15.6. The first-order chi connectivity index (χ1) is 29.0. The molecule has 11 nitrogen and oxygen atoms in total. The second-order valence-electron chi connectivity index (χ2n) is 15.3. The fourth-order valence-corrected chi connectivity index (χ4v) is 10.7. The number of halogens is 3. The molecule has 4 aliphatic rings. The fraction of sp³-hybridized carbons (Fsp3) is 0.217. The lowest BCUT2D eigenvalue weighted by Crippen LogP contribution is -2.53. The van der Waals surface area contributed by atoms with E-state index >= 15 is 9.59 Å². The molecule has 3 N–H and O–H groups in total. The summed E-state index contributed by atoms with van der Waals surface area (Å²) in [4.78, 5) is 61.2. The summed E-state index contributed by atoms with van der Waals surface area (Å²) in [5.74, 6) is -5.82. The third-order valence-corrected chi connectivity index (χ3v) is 13.4. The van der Waals surface area contributed by atoms with E-state index in [-0.39, 0.29) is 41.0 Å². The molecule has 2 saturated heterocycles. The topological polar surface area (TPSA) is 138 Å². The standard InChI is InChI=1S/C46H37BrCl2N4O7/c1-59-30-15-8-24(9-16-30)46-35(43(56)53(45(46)58)51-37-19-10-26(48)22-36(37)49)23-33-31(40(46)34-20-25(47)21-38(60-2)41(34)54)17-18-32-39(33)44(57)52(42(32)55)29-13-11-28(12-14-29)50-27-6-4-3-5-7-27/h3-17,19-22,32-33,35,39-40,50-51,54H,18,23H2,1-2H3. The second kappa shape index (κ2) is 15.3. The number of para-hydroxylation sites is 1. The molecular formula is C46H37BrCl2N4O7. The third kappa shape index (κ3) is 6.22. The van der Waals surface area contributed by atoms with Crippen molar-refractivity contribution in [3.8, 4) is 17.2 Å². The summed E-state index contributed by atoms with van der Waals surface area (Å²) in [6, 6.07) is 31.7. The molecule has 2 heterocycles. The highest BCUT2D eigenvalue weighted by atomic mass is 79.9. The first kappa shape index (κ1) is 39.6. The van der Waals surface area contributed by atoms with Gasteiger partial charge in [0, 0.05) is 32.4 Å². The van der Waals surface area contributed by atoms with Crippen molar-refractivity contribution in [2.75, 3.05) is 29.9 Å². The van der Waals surface area contributed by atoms with Crippen LogP contribution in [0.1, 0.15) is 29.9 Å². The molecule has 0 aromatic heterocycles. The first-order valence-electron chi connectivity index (χ1n) is 19.3. The van der Waals surface area contributed by atoms with Crippen molar-refractivity contribution in [3.05, 3.63) is 146 Å². The van der Waals surface area contributed by atoms with E-state index in [1.54, 1.807) is 60.7 Å². The van der Waals surface area contributed by atoms with Gasteiger partial charge in [-0.1, -0.05) is 81.1 Å². The van der Waals surface area contributed by atoms with Crippen LogP contribution < -0.4 is 25.1 Å². The number of amides is 4. The minimum Gasteiger partial charge on any atom is -0.504 e. The lowest BCUT2D eigenvalue weighted by molar-refractivity contribution is -0.138. The molecule has 2 aliphatic heterocycles. The molecule has 304 valence electrons. The highest BCUT2D eigenvalue weighted by Gasteiger charge is 2.71. The van der Waals surface area contributed by atoms with Crippen molar-refractivity contribution in [1.82, 2.24) is 5.01 Å². The van der Waals surface area contributed by atoms with E-state index in [9.17, 15) is 14.7 Å². The molecule has 6 unspecified atom stereocenters. The molecule has 5 aromatic rings. The van der Waals surface area contributed by atoms with Crippen molar-refractivity contribution < 1.29 is 33.8 Å². The number of phenolic OH excluding ortho intramolecular Hbond substituents is 1. The number of hydrogen-bond acceptors (Lipinski definition) is 9. The number of methoxy groups -OCH3 is 2. The van der Waals surface area contributed by atoms with E-state index in [2.05, 4.69) is 26.7 Å². The van der Waals surface area contributed by atoms with Crippen LogP contribution in [0.15, 0.2) is 125 Å². The van der Waals surface area contributed by atoms with E-state index in [1.165, 1.54) is 25.2 Å². The Balaban J connectivity index is 1.19. The Kier molecular flexibility index (Phi) is 10.1. The Bertz CT molecular complexity index is 2610. The number of fused-ring (bicyclic) bond motifs is 4. The molecule has 0 spiro atoms. The van der Waals surface area contributed by atoms with Crippen LogP contribution in [-0.2, 0) is 24.6 Å². The zero-order valence-electron chi connectivity index (χ0n) is 32.2. The normalized spacial score (nSPS) is 24.4. The maximum Gasteiger partial charge on any atom is 0.260 e. The van der Waals surface area contributed by atoms with Gasteiger partial charge in [-0.25, -0.2) is 0 Å². The number of aromatic hydroxyl groups is 1. The Morgan fingerprint density at radius 1 is 0.800 bits per heavy atom. The molecule has 6 atom stereocenters. The highest BCUT2D eigenvalue weighted by Crippen LogP contribution is 2.65. The van der Waals surface area contributed by atoms with Crippen LogP contribution >= 0.6 is 39.1 Å². The molecule has 3 fully saturated rings. The number of imide groups is 2. The molecule has 2 aliphatic carbocycles. The number of nitrogens with zero attached hydrogens (tertiary/aromatic N) is 2. The number of carbonyl (C=O) groups excluding carboxylic acids is 4. The number of nitrogens with one attached hydrogen (secondary N) is 2. The number of rotatable bonds is 9. The average Bonchev–Trinajstić information content (AvgIpc) is 3.63. The number of ether oxygens (including phenoxy) is 2. The predicted molar refractivity (Wildman–Crippen MR) is 232 cm³/mol. The average molecular weight is 909 g/mol. The number of carbonyl (C=O) groups is 4. The molecule has 0 bridgehead atoms. The van der Waals surface area contributed by atoms with Gasteiger partial charge in [0.15, 0.2) is 11.5 Å². The van der Waals surface area contributed by atoms with Crippen LogP contribution in [0.4, 0.5) is 22.7 Å².